The van der Waals surface area contributed by atoms with Gasteiger partial charge in [0, 0.05) is 13.1 Å². The van der Waals surface area contributed by atoms with Crippen LogP contribution in [0.2, 0.25) is 0 Å². The van der Waals surface area contributed by atoms with Gasteiger partial charge in [0.15, 0.2) is 0 Å². The SMILES string of the molecule is CCNC(C)(CCCN1CCOCC1)C(N)=O. The van der Waals surface area contributed by atoms with Crippen LogP contribution in [0.15, 0.2) is 0 Å². The van der Waals surface area contributed by atoms with E-state index in [4.69, 9.17) is 10.5 Å². The second-order valence-electron chi connectivity index (χ2n) is 4.78. The monoisotopic (exact) mass is 243 g/mol. The minimum atomic E-state index is -0.568. The Morgan fingerprint density at radius 2 is 2.12 bits per heavy atom. The van der Waals surface area contributed by atoms with Gasteiger partial charge in [-0.2, -0.15) is 0 Å². The lowest BCUT2D eigenvalue weighted by Gasteiger charge is -2.30. The van der Waals surface area contributed by atoms with Crippen LogP contribution in [-0.4, -0.2) is 55.7 Å². The molecule has 5 heteroatoms. The van der Waals surface area contributed by atoms with Gasteiger partial charge in [-0.05, 0) is 32.9 Å². The molecule has 1 rings (SSSR count). The predicted octanol–water partition coefficient (Wildman–Crippen LogP) is -0.0477. The number of likely N-dealkylation sites (N-methyl/N-ethyl adjacent to an activating group) is 1. The predicted molar refractivity (Wildman–Crippen MR) is 67.8 cm³/mol. The maximum Gasteiger partial charge on any atom is 0.237 e. The van der Waals surface area contributed by atoms with Gasteiger partial charge in [0.25, 0.3) is 0 Å². The minimum absolute atomic E-state index is 0.263. The highest BCUT2D eigenvalue weighted by Crippen LogP contribution is 2.12. The van der Waals surface area contributed by atoms with E-state index in [2.05, 4.69) is 10.2 Å². The van der Waals surface area contributed by atoms with Crippen LogP contribution in [0.25, 0.3) is 0 Å². The Hall–Kier alpha value is -0.650. The first kappa shape index (κ1) is 14.4. The van der Waals surface area contributed by atoms with E-state index in [1.54, 1.807) is 0 Å². The molecule has 1 aliphatic rings. The maximum atomic E-state index is 11.4. The van der Waals surface area contributed by atoms with Crippen LogP contribution in [0.5, 0.6) is 0 Å². The molecule has 5 nitrogen and oxygen atoms in total. The molecule has 0 spiro atoms. The summed E-state index contributed by atoms with van der Waals surface area (Å²) in [6.45, 7) is 9.28. The molecule has 17 heavy (non-hydrogen) atoms. The van der Waals surface area contributed by atoms with Crippen molar-refractivity contribution in [2.75, 3.05) is 39.4 Å². The van der Waals surface area contributed by atoms with Crippen LogP contribution in [0, 0.1) is 0 Å². The number of nitrogens with zero attached hydrogens (tertiary/aromatic N) is 1. The summed E-state index contributed by atoms with van der Waals surface area (Å²) in [6.07, 6.45) is 1.76. The summed E-state index contributed by atoms with van der Waals surface area (Å²) in [5.74, 6) is -0.263. The van der Waals surface area contributed by atoms with Crippen molar-refractivity contribution in [3.05, 3.63) is 0 Å². The summed E-state index contributed by atoms with van der Waals surface area (Å²) in [5, 5.41) is 3.18. The van der Waals surface area contributed by atoms with Gasteiger partial charge in [-0.1, -0.05) is 6.92 Å². The normalized spacial score (nSPS) is 21.1. The summed E-state index contributed by atoms with van der Waals surface area (Å²) >= 11 is 0. The van der Waals surface area contributed by atoms with Gasteiger partial charge in [-0.15, -0.1) is 0 Å². The van der Waals surface area contributed by atoms with Crippen molar-refractivity contribution in [1.29, 1.82) is 0 Å². The highest BCUT2D eigenvalue weighted by molar-refractivity contribution is 5.84. The number of morpholine rings is 1. The van der Waals surface area contributed by atoms with E-state index >= 15 is 0 Å². The average molecular weight is 243 g/mol. The first-order valence-corrected chi connectivity index (χ1v) is 6.43. The molecule has 1 atom stereocenters. The Kier molecular flexibility index (Phi) is 5.88. The van der Waals surface area contributed by atoms with Gasteiger partial charge in [0.05, 0.1) is 18.8 Å². The number of nitrogens with two attached hydrogens (primary N) is 1. The Morgan fingerprint density at radius 3 is 2.65 bits per heavy atom. The Labute approximate surface area is 104 Å². The van der Waals surface area contributed by atoms with Crippen molar-refractivity contribution >= 4 is 5.91 Å². The molecular weight excluding hydrogens is 218 g/mol. The summed E-state index contributed by atoms with van der Waals surface area (Å²) in [4.78, 5) is 13.8. The lowest BCUT2D eigenvalue weighted by molar-refractivity contribution is -0.124. The van der Waals surface area contributed by atoms with E-state index in [1.165, 1.54) is 0 Å². The van der Waals surface area contributed by atoms with Crippen LogP contribution < -0.4 is 11.1 Å². The van der Waals surface area contributed by atoms with Gasteiger partial charge in [0.2, 0.25) is 5.91 Å². The third-order valence-electron chi connectivity index (χ3n) is 3.37. The van der Waals surface area contributed by atoms with Crippen molar-refractivity contribution in [3.63, 3.8) is 0 Å². The number of nitrogens with one attached hydrogen (secondary N) is 1. The smallest absolute Gasteiger partial charge is 0.237 e. The van der Waals surface area contributed by atoms with E-state index in [0.29, 0.717) is 0 Å². The fraction of sp³-hybridized carbons (Fsp3) is 0.917. The molecule has 1 saturated heterocycles. The van der Waals surface area contributed by atoms with Crippen LogP contribution in [0.4, 0.5) is 0 Å². The number of hydrogen-bond acceptors (Lipinski definition) is 4. The molecule has 1 fully saturated rings. The van der Waals surface area contributed by atoms with Crippen LogP contribution in [0.3, 0.4) is 0 Å². The largest absolute Gasteiger partial charge is 0.379 e. The van der Waals surface area contributed by atoms with Crippen LogP contribution in [-0.2, 0) is 9.53 Å². The minimum Gasteiger partial charge on any atom is -0.379 e. The van der Waals surface area contributed by atoms with Gasteiger partial charge >= 0.3 is 0 Å². The van der Waals surface area contributed by atoms with Crippen molar-refractivity contribution < 1.29 is 9.53 Å². The number of rotatable bonds is 7. The third-order valence-corrected chi connectivity index (χ3v) is 3.37. The molecule has 1 heterocycles. The number of ether oxygens (including phenoxy) is 1. The number of carbonyl (C=O) groups is 1. The first-order valence-electron chi connectivity index (χ1n) is 6.43. The standard InChI is InChI=1S/C12H25N3O2/c1-3-14-12(2,11(13)16)5-4-6-15-7-9-17-10-8-15/h14H,3-10H2,1-2H3,(H2,13,16). The van der Waals surface area contributed by atoms with E-state index < -0.39 is 5.54 Å². The molecule has 3 N–H and O–H groups in total. The lowest BCUT2D eigenvalue weighted by atomic mass is 9.94. The second kappa shape index (κ2) is 6.93. The average Bonchev–Trinajstić information content (AvgIpc) is 2.30. The molecule has 1 unspecified atom stereocenters. The molecule has 1 amide bonds. The first-order chi connectivity index (χ1) is 8.08. The highest BCUT2D eigenvalue weighted by atomic mass is 16.5. The zero-order valence-electron chi connectivity index (χ0n) is 11.0. The van der Waals surface area contributed by atoms with E-state index in [1.807, 2.05) is 13.8 Å². The molecule has 0 aliphatic carbocycles. The maximum absolute atomic E-state index is 11.4. The van der Waals surface area contributed by atoms with Crippen molar-refractivity contribution in [2.24, 2.45) is 5.73 Å². The van der Waals surface area contributed by atoms with Crippen molar-refractivity contribution in [1.82, 2.24) is 10.2 Å². The number of hydrogen-bond donors (Lipinski definition) is 2. The molecule has 1 aliphatic heterocycles. The van der Waals surface area contributed by atoms with Gasteiger partial charge in [0.1, 0.15) is 0 Å². The van der Waals surface area contributed by atoms with Gasteiger partial charge < -0.3 is 15.8 Å². The van der Waals surface area contributed by atoms with Crippen LogP contribution >= 0.6 is 0 Å². The van der Waals surface area contributed by atoms with E-state index in [-0.39, 0.29) is 5.91 Å². The fourth-order valence-corrected chi connectivity index (χ4v) is 2.17. The molecule has 100 valence electrons. The molecule has 0 aromatic rings. The topological polar surface area (TPSA) is 67.6 Å². The van der Waals surface area contributed by atoms with Crippen molar-refractivity contribution in [3.8, 4) is 0 Å². The molecule has 0 radical (unpaired) electrons. The Morgan fingerprint density at radius 1 is 1.47 bits per heavy atom. The summed E-state index contributed by atoms with van der Waals surface area (Å²) < 4.78 is 5.30. The zero-order chi connectivity index (χ0) is 12.7. The Balaban J connectivity index is 2.28. The molecule has 0 saturated carbocycles. The number of carbonyl (C=O) groups excluding carboxylic acids is 1. The van der Waals surface area contributed by atoms with E-state index in [9.17, 15) is 4.79 Å². The number of primary amides is 1. The second-order valence-corrected chi connectivity index (χ2v) is 4.78. The molecule has 0 aromatic heterocycles. The third kappa shape index (κ3) is 4.61. The van der Waals surface area contributed by atoms with Gasteiger partial charge in [-0.25, -0.2) is 0 Å². The van der Waals surface area contributed by atoms with Crippen LogP contribution in [0.1, 0.15) is 26.7 Å². The Bertz CT molecular complexity index is 242. The summed E-state index contributed by atoms with van der Waals surface area (Å²) in [5.41, 5.74) is 4.87. The van der Waals surface area contributed by atoms with E-state index in [0.717, 1.165) is 52.2 Å². The van der Waals surface area contributed by atoms with Gasteiger partial charge in [-0.3, -0.25) is 9.69 Å². The molecular formula is C12H25N3O2. The fourth-order valence-electron chi connectivity index (χ4n) is 2.17. The van der Waals surface area contributed by atoms with Crippen molar-refractivity contribution in [2.45, 2.75) is 32.2 Å². The summed E-state index contributed by atoms with van der Waals surface area (Å²) in [7, 11) is 0. The lowest BCUT2D eigenvalue weighted by Crippen LogP contribution is -2.53. The molecule has 0 bridgehead atoms. The zero-order valence-corrected chi connectivity index (χ0v) is 11.0. The summed E-state index contributed by atoms with van der Waals surface area (Å²) in [6, 6.07) is 0. The number of amides is 1. The molecule has 0 aromatic carbocycles. The quantitative estimate of drug-likeness (QED) is 0.658. The highest BCUT2D eigenvalue weighted by Gasteiger charge is 2.29.